The summed E-state index contributed by atoms with van der Waals surface area (Å²) in [5.74, 6) is 0. The Morgan fingerprint density at radius 2 is 1.05 bits per heavy atom. The molecule has 0 spiro atoms. The minimum Gasteiger partial charge on any atom is -0.0616 e. The van der Waals surface area contributed by atoms with Crippen LogP contribution in [0.25, 0.3) is 32.7 Å². The Morgan fingerprint density at radius 1 is 0.500 bits per heavy atom. The molecule has 0 fully saturated rings. The van der Waals surface area contributed by atoms with Gasteiger partial charge in [-0.05, 0) is 32.7 Å². The maximum Gasteiger partial charge on any atom is 0.0629 e. The average molecular weight is 255 g/mol. The van der Waals surface area contributed by atoms with Crippen LogP contribution in [0.15, 0.2) is 84.9 Å². The molecule has 0 saturated carbocycles. The van der Waals surface area contributed by atoms with E-state index >= 15 is 0 Å². The molecule has 20 heavy (non-hydrogen) atoms. The molecule has 0 aliphatic rings. The minimum absolute atomic E-state index is 0.574. The van der Waals surface area contributed by atoms with Crippen LogP contribution >= 0.6 is 0 Å². The Kier molecular flexibility index (Phi) is 2.30. The molecule has 0 nitrogen and oxygen atoms in total. The van der Waals surface area contributed by atoms with Gasteiger partial charge in [-0.3, -0.25) is 0 Å². The third kappa shape index (κ3) is 1.70. The highest BCUT2D eigenvalue weighted by molar-refractivity contribution is 6.05. The van der Waals surface area contributed by atoms with E-state index < -0.39 is 0 Å². The number of hydrogen-bond acceptors (Lipinski definition) is 0. The van der Waals surface area contributed by atoms with Gasteiger partial charge in [-0.15, -0.1) is 0 Å². The zero-order chi connectivity index (χ0) is 14.2. The van der Waals surface area contributed by atoms with Crippen LogP contribution in [-0.2, 0) is 0 Å². The summed E-state index contributed by atoms with van der Waals surface area (Å²) in [7, 11) is 0. The Hall–Kier alpha value is -2.60. The third-order valence-corrected chi connectivity index (χ3v) is 3.78. The van der Waals surface area contributed by atoms with Crippen LogP contribution in [0, 0.1) is 0 Å². The van der Waals surface area contributed by atoms with Crippen molar-refractivity contribution in [1.82, 2.24) is 0 Å². The van der Waals surface area contributed by atoms with Gasteiger partial charge in [0.1, 0.15) is 0 Å². The zero-order valence-corrected chi connectivity index (χ0v) is 11.0. The second-order valence-electron chi connectivity index (χ2n) is 4.97. The molecular weight excluding hydrogens is 240 g/mol. The van der Waals surface area contributed by atoms with E-state index in [2.05, 4.69) is 54.6 Å². The summed E-state index contributed by atoms with van der Waals surface area (Å²) < 4.78 is 8.37. The predicted molar refractivity (Wildman–Crippen MR) is 86.9 cm³/mol. The van der Waals surface area contributed by atoms with Crippen molar-refractivity contribution in [2.45, 2.75) is 0 Å². The van der Waals surface area contributed by atoms with Crippen molar-refractivity contribution in [3.63, 3.8) is 0 Å². The third-order valence-electron chi connectivity index (χ3n) is 3.78. The van der Waals surface area contributed by atoms with E-state index in [4.69, 9.17) is 1.37 Å². The summed E-state index contributed by atoms with van der Waals surface area (Å²) in [4.78, 5) is 0. The molecule has 0 bridgehead atoms. The maximum absolute atomic E-state index is 8.37. The topological polar surface area (TPSA) is 0 Å². The van der Waals surface area contributed by atoms with E-state index in [1.165, 1.54) is 16.2 Å². The van der Waals surface area contributed by atoms with Crippen LogP contribution in [0.3, 0.4) is 0 Å². The summed E-state index contributed by atoms with van der Waals surface area (Å²) in [5, 5.41) is 4.73. The quantitative estimate of drug-likeness (QED) is 0.411. The average Bonchev–Trinajstić information content (AvgIpc) is 2.54. The fourth-order valence-electron chi connectivity index (χ4n) is 2.83. The molecule has 4 rings (SSSR count). The van der Waals surface area contributed by atoms with Crippen LogP contribution in [0.2, 0.25) is 0 Å². The fraction of sp³-hybridized carbons (Fsp3) is 0. The summed E-state index contributed by atoms with van der Waals surface area (Å²) in [5.41, 5.74) is 2.15. The standard InChI is InChI=1S/C20H14/c1-3-11-17-15(7-1)9-5-13-19(17)20-14-6-10-16-8-2-4-12-18(16)20/h1-14H/i13D. The molecule has 0 heterocycles. The van der Waals surface area contributed by atoms with Crippen molar-refractivity contribution in [2.75, 3.05) is 0 Å². The van der Waals surface area contributed by atoms with Gasteiger partial charge in [-0.1, -0.05) is 84.9 Å². The first-order valence-corrected chi connectivity index (χ1v) is 6.81. The Labute approximate surface area is 119 Å². The van der Waals surface area contributed by atoms with Gasteiger partial charge in [-0.2, -0.15) is 0 Å². The SMILES string of the molecule is [2H]c1ccc2ccccc2c1-c1cccc2ccccc12. The van der Waals surface area contributed by atoms with Crippen molar-refractivity contribution in [3.8, 4) is 11.1 Å². The fourth-order valence-corrected chi connectivity index (χ4v) is 2.83. The molecule has 0 atom stereocenters. The first kappa shape index (κ1) is 10.2. The summed E-state index contributed by atoms with van der Waals surface area (Å²) >= 11 is 0. The molecule has 0 radical (unpaired) electrons. The Balaban J connectivity index is 2.16. The highest BCUT2D eigenvalue weighted by atomic mass is 14.1. The highest BCUT2D eigenvalue weighted by Crippen LogP contribution is 2.33. The number of fused-ring (bicyclic) bond motifs is 2. The van der Waals surface area contributed by atoms with E-state index in [1.54, 1.807) is 0 Å². The van der Waals surface area contributed by atoms with Crippen LogP contribution in [0.1, 0.15) is 1.37 Å². The van der Waals surface area contributed by atoms with Crippen LogP contribution in [0.4, 0.5) is 0 Å². The van der Waals surface area contributed by atoms with Crippen LogP contribution in [0.5, 0.6) is 0 Å². The second kappa shape index (κ2) is 4.50. The number of rotatable bonds is 1. The van der Waals surface area contributed by atoms with E-state index in [0.717, 1.165) is 16.5 Å². The Morgan fingerprint density at radius 3 is 1.80 bits per heavy atom. The van der Waals surface area contributed by atoms with Gasteiger partial charge in [-0.25, -0.2) is 0 Å². The van der Waals surface area contributed by atoms with Crippen molar-refractivity contribution < 1.29 is 1.37 Å². The zero-order valence-electron chi connectivity index (χ0n) is 12.0. The molecular formula is C20H14. The summed E-state index contributed by atoms with van der Waals surface area (Å²) in [6, 6.07) is 27.4. The van der Waals surface area contributed by atoms with Crippen molar-refractivity contribution >= 4 is 21.5 Å². The van der Waals surface area contributed by atoms with Gasteiger partial charge in [0.2, 0.25) is 0 Å². The summed E-state index contributed by atoms with van der Waals surface area (Å²) in [6.07, 6.45) is 0. The van der Waals surface area contributed by atoms with E-state index in [0.29, 0.717) is 6.04 Å². The molecule has 0 aromatic heterocycles. The van der Waals surface area contributed by atoms with Crippen molar-refractivity contribution in [1.29, 1.82) is 0 Å². The molecule has 0 heteroatoms. The molecule has 0 amide bonds. The van der Waals surface area contributed by atoms with Crippen molar-refractivity contribution in [3.05, 3.63) is 84.9 Å². The van der Waals surface area contributed by atoms with Crippen LogP contribution < -0.4 is 0 Å². The van der Waals surface area contributed by atoms with Gasteiger partial charge in [0.05, 0.1) is 1.37 Å². The number of hydrogen-bond donors (Lipinski definition) is 0. The normalized spacial score (nSPS) is 11.7. The smallest absolute Gasteiger partial charge is 0.0616 e. The molecule has 4 aromatic carbocycles. The largest absolute Gasteiger partial charge is 0.0629 e. The minimum atomic E-state index is 0.574. The molecule has 0 aliphatic heterocycles. The van der Waals surface area contributed by atoms with Gasteiger partial charge in [0.15, 0.2) is 0 Å². The molecule has 94 valence electrons. The molecule has 0 unspecified atom stereocenters. The van der Waals surface area contributed by atoms with Crippen LogP contribution in [-0.4, -0.2) is 0 Å². The van der Waals surface area contributed by atoms with E-state index in [1.807, 2.05) is 24.3 Å². The molecule has 0 N–H and O–H groups in total. The lowest BCUT2D eigenvalue weighted by molar-refractivity contribution is 1.68. The Bertz CT molecular complexity index is 949. The lowest BCUT2D eigenvalue weighted by Gasteiger charge is -2.10. The lowest BCUT2D eigenvalue weighted by atomic mass is 9.94. The van der Waals surface area contributed by atoms with E-state index in [-0.39, 0.29) is 0 Å². The number of benzene rings is 4. The lowest BCUT2D eigenvalue weighted by Crippen LogP contribution is -1.83. The van der Waals surface area contributed by atoms with Gasteiger partial charge < -0.3 is 0 Å². The van der Waals surface area contributed by atoms with Gasteiger partial charge >= 0.3 is 0 Å². The van der Waals surface area contributed by atoms with E-state index in [9.17, 15) is 0 Å². The summed E-state index contributed by atoms with van der Waals surface area (Å²) in [6.45, 7) is 0. The first-order chi connectivity index (χ1) is 10.3. The first-order valence-electron chi connectivity index (χ1n) is 7.31. The molecule has 0 aliphatic carbocycles. The molecule has 0 saturated heterocycles. The predicted octanol–water partition coefficient (Wildman–Crippen LogP) is 5.66. The van der Waals surface area contributed by atoms with Gasteiger partial charge in [0.25, 0.3) is 0 Å². The monoisotopic (exact) mass is 255 g/mol. The second-order valence-corrected chi connectivity index (χ2v) is 4.97. The highest BCUT2D eigenvalue weighted by Gasteiger charge is 2.06. The van der Waals surface area contributed by atoms with Gasteiger partial charge in [0, 0.05) is 0 Å². The maximum atomic E-state index is 8.37. The van der Waals surface area contributed by atoms with Crippen molar-refractivity contribution in [2.24, 2.45) is 0 Å². The molecule has 4 aromatic rings.